The van der Waals surface area contributed by atoms with Crippen molar-refractivity contribution in [1.82, 2.24) is 0 Å². The van der Waals surface area contributed by atoms with Crippen LogP contribution in [-0.4, -0.2) is 5.78 Å². The molecule has 2 rings (SSSR count). The number of Topliss-reactive ketones (excluding diaryl/α,β-unsaturated/α-hetero) is 1. The predicted octanol–water partition coefficient (Wildman–Crippen LogP) is 4.07. The quantitative estimate of drug-likeness (QED) is 0.689. The Kier molecular flexibility index (Phi) is 3.25. The Hall–Kier alpha value is -0.630. The molecular weight excluding hydrogens is 204 g/mol. The van der Waals surface area contributed by atoms with E-state index in [0.29, 0.717) is 11.7 Å². The molecule has 1 aliphatic rings. The molecule has 1 saturated carbocycles. The van der Waals surface area contributed by atoms with Crippen molar-refractivity contribution in [2.24, 2.45) is 11.8 Å². The molecule has 1 nitrogen and oxygen atoms in total. The Morgan fingerprint density at radius 1 is 1.33 bits per heavy atom. The fourth-order valence-corrected chi connectivity index (χ4v) is 3.33. The summed E-state index contributed by atoms with van der Waals surface area (Å²) in [6.45, 7) is 4.29. The molecular formula is C13H18OS. The summed E-state index contributed by atoms with van der Waals surface area (Å²) < 4.78 is 0. The van der Waals surface area contributed by atoms with Crippen molar-refractivity contribution < 1.29 is 4.79 Å². The molecule has 1 aliphatic carbocycles. The minimum Gasteiger partial charge on any atom is -0.293 e. The molecule has 0 aliphatic heterocycles. The van der Waals surface area contributed by atoms with Gasteiger partial charge in [0.15, 0.2) is 5.78 Å². The average Bonchev–Trinajstić information content (AvgIpc) is 2.65. The van der Waals surface area contributed by atoms with E-state index in [1.807, 2.05) is 12.1 Å². The van der Waals surface area contributed by atoms with Gasteiger partial charge in [0.25, 0.3) is 0 Å². The first-order valence-corrected chi connectivity index (χ1v) is 6.61. The molecule has 82 valence electrons. The highest BCUT2D eigenvalue weighted by atomic mass is 32.1. The second-order valence-corrected chi connectivity index (χ2v) is 5.93. The van der Waals surface area contributed by atoms with Crippen LogP contribution in [0, 0.1) is 18.8 Å². The minimum absolute atomic E-state index is 0.289. The standard InChI is InChI=1S/C13H18OS/c1-9-5-3-4-6-11(9)13(14)12-8-7-10(2)15-12/h7-9,11H,3-6H2,1-2H3. The van der Waals surface area contributed by atoms with Crippen LogP contribution in [-0.2, 0) is 0 Å². The van der Waals surface area contributed by atoms with Crippen molar-refractivity contribution in [3.63, 3.8) is 0 Å². The number of thiophene rings is 1. The van der Waals surface area contributed by atoms with E-state index < -0.39 is 0 Å². The van der Waals surface area contributed by atoms with Crippen molar-refractivity contribution in [1.29, 1.82) is 0 Å². The molecule has 2 unspecified atom stereocenters. The van der Waals surface area contributed by atoms with Crippen LogP contribution < -0.4 is 0 Å². The average molecular weight is 222 g/mol. The van der Waals surface area contributed by atoms with E-state index in [1.54, 1.807) is 11.3 Å². The molecule has 0 aromatic carbocycles. The summed E-state index contributed by atoms with van der Waals surface area (Å²) in [5.41, 5.74) is 0. The molecule has 2 atom stereocenters. The smallest absolute Gasteiger partial charge is 0.176 e. The summed E-state index contributed by atoms with van der Waals surface area (Å²) >= 11 is 1.64. The van der Waals surface area contributed by atoms with Gasteiger partial charge in [-0.05, 0) is 31.4 Å². The molecule has 0 saturated heterocycles. The van der Waals surface area contributed by atoms with Crippen LogP contribution in [0.5, 0.6) is 0 Å². The molecule has 0 amide bonds. The third-order valence-corrected chi connectivity index (χ3v) is 4.45. The molecule has 0 spiro atoms. The minimum atomic E-state index is 0.289. The van der Waals surface area contributed by atoms with Crippen LogP contribution in [0.1, 0.15) is 47.2 Å². The maximum absolute atomic E-state index is 12.2. The zero-order valence-corrected chi connectivity index (χ0v) is 10.3. The van der Waals surface area contributed by atoms with Gasteiger partial charge in [-0.1, -0.05) is 26.2 Å². The van der Waals surface area contributed by atoms with Crippen LogP contribution in [0.25, 0.3) is 0 Å². The second-order valence-electron chi connectivity index (χ2n) is 4.64. The van der Waals surface area contributed by atoms with Gasteiger partial charge in [-0.3, -0.25) is 4.79 Å². The lowest BCUT2D eigenvalue weighted by Crippen LogP contribution is -2.24. The van der Waals surface area contributed by atoms with Crippen LogP contribution in [0.3, 0.4) is 0 Å². The summed E-state index contributed by atoms with van der Waals surface area (Å²) in [6, 6.07) is 4.04. The van der Waals surface area contributed by atoms with E-state index >= 15 is 0 Å². The van der Waals surface area contributed by atoms with E-state index in [-0.39, 0.29) is 5.92 Å². The molecule has 1 heterocycles. The van der Waals surface area contributed by atoms with E-state index in [4.69, 9.17) is 0 Å². The Morgan fingerprint density at radius 2 is 2.07 bits per heavy atom. The Bertz CT molecular complexity index is 353. The Balaban J connectivity index is 2.13. The van der Waals surface area contributed by atoms with Gasteiger partial charge in [-0.2, -0.15) is 0 Å². The van der Waals surface area contributed by atoms with E-state index in [2.05, 4.69) is 13.8 Å². The molecule has 15 heavy (non-hydrogen) atoms. The molecule has 2 heteroatoms. The molecule has 1 aromatic rings. The summed E-state index contributed by atoms with van der Waals surface area (Å²) in [5.74, 6) is 1.26. The summed E-state index contributed by atoms with van der Waals surface area (Å²) in [6.07, 6.45) is 4.84. The molecule has 0 bridgehead atoms. The normalized spacial score (nSPS) is 26.5. The predicted molar refractivity (Wildman–Crippen MR) is 64.5 cm³/mol. The van der Waals surface area contributed by atoms with E-state index in [0.717, 1.165) is 11.3 Å². The highest BCUT2D eigenvalue weighted by Crippen LogP contribution is 2.33. The van der Waals surface area contributed by atoms with Gasteiger partial charge in [-0.15, -0.1) is 11.3 Å². The van der Waals surface area contributed by atoms with Crippen molar-refractivity contribution in [2.75, 3.05) is 0 Å². The van der Waals surface area contributed by atoms with Crippen molar-refractivity contribution in [2.45, 2.75) is 39.5 Å². The highest BCUT2D eigenvalue weighted by Gasteiger charge is 2.28. The maximum atomic E-state index is 12.2. The van der Waals surface area contributed by atoms with Crippen LogP contribution in [0.4, 0.5) is 0 Å². The van der Waals surface area contributed by atoms with Crippen molar-refractivity contribution in [3.8, 4) is 0 Å². The Morgan fingerprint density at radius 3 is 2.67 bits per heavy atom. The lowest BCUT2D eigenvalue weighted by molar-refractivity contribution is 0.0841. The fraction of sp³-hybridized carbons (Fsp3) is 0.615. The van der Waals surface area contributed by atoms with Gasteiger partial charge >= 0.3 is 0 Å². The van der Waals surface area contributed by atoms with Gasteiger partial charge in [0.05, 0.1) is 4.88 Å². The summed E-state index contributed by atoms with van der Waals surface area (Å²) in [5, 5.41) is 0. The van der Waals surface area contributed by atoms with Crippen molar-refractivity contribution in [3.05, 3.63) is 21.9 Å². The largest absolute Gasteiger partial charge is 0.293 e. The van der Waals surface area contributed by atoms with Crippen LogP contribution >= 0.6 is 11.3 Å². The zero-order chi connectivity index (χ0) is 10.8. The maximum Gasteiger partial charge on any atom is 0.176 e. The monoisotopic (exact) mass is 222 g/mol. The van der Waals surface area contributed by atoms with E-state index in [9.17, 15) is 4.79 Å². The highest BCUT2D eigenvalue weighted by molar-refractivity contribution is 7.14. The fourth-order valence-electron chi connectivity index (χ4n) is 2.46. The van der Waals surface area contributed by atoms with Crippen LogP contribution in [0.2, 0.25) is 0 Å². The topological polar surface area (TPSA) is 17.1 Å². The number of rotatable bonds is 2. The SMILES string of the molecule is Cc1ccc(C(=O)C2CCCCC2C)s1. The number of carbonyl (C=O) groups is 1. The number of ketones is 1. The molecule has 0 radical (unpaired) electrons. The third kappa shape index (κ3) is 2.31. The summed E-state index contributed by atoms with van der Waals surface area (Å²) in [7, 11) is 0. The summed E-state index contributed by atoms with van der Waals surface area (Å²) in [4.78, 5) is 14.4. The lowest BCUT2D eigenvalue weighted by Gasteiger charge is -2.26. The number of hydrogen-bond donors (Lipinski definition) is 0. The zero-order valence-electron chi connectivity index (χ0n) is 9.45. The van der Waals surface area contributed by atoms with Crippen molar-refractivity contribution >= 4 is 17.1 Å². The molecule has 0 N–H and O–H groups in total. The first-order valence-electron chi connectivity index (χ1n) is 5.79. The number of aryl methyl sites for hydroxylation is 1. The third-order valence-electron chi connectivity index (χ3n) is 3.43. The molecule has 1 aromatic heterocycles. The van der Waals surface area contributed by atoms with E-state index in [1.165, 1.54) is 24.1 Å². The van der Waals surface area contributed by atoms with Gasteiger partial charge in [0.1, 0.15) is 0 Å². The molecule has 1 fully saturated rings. The van der Waals surface area contributed by atoms with Gasteiger partial charge < -0.3 is 0 Å². The number of carbonyl (C=O) groups excluding carboxylic acids is 1. The van der Waals surface area contributed by atoms with Gasteiger partial charge in [0.2, 0.25) is 0 Å². The lowest BCUT2D eigenvalue weighted by atomic mass is 9.78. The number of hydrogen-bond acceptors (Lipinski definition) is 2. The second kappa shape index (κ2) is 4.48. The van der Waals surface area contributed by atoms with Gasteiger partial charge in [-0.25, -0.2) is 0 Å². The first kappa shape index (κ1) is 10.9. The van der Waals surface area contributed by atoms with Crippen LogP contribution in [0.15, 0.2) is 12.1 Å². The Labute approximate surface area is 95.5 Å². The van der Waals surface area contributed by atoms with Gasteiger partial charge in [0, 0.05) is 10.8 Å². The first-order chi connectivity index (χ1) is 7.18.